The van der Waals surface area contributed by atoms with Crippen LogP contribution < -0.4 is 0 Å². The minimum absolute atomic E-state index is 0.0498. The van der Waals surface area contributed by atoms with Crippen LogP contribution in [0.3, 0.4) is 0 Å². The Kier molecular flexibility index (Phi) is 4.86. The van der Waals surface area contributed by atoms with Crippen LogP contribution in [0.1, 0.15) is 16.9 Å². The van der Waals surface area contributed by atoms with Crippen molar-refractivity contribution in [3.05, 3.63) is 52.3 Å². The zero-order valence-electron chi connectivity index (χ0n) is 12.5. The van der Waals surface area contributed by atoms with Crippen LogP contribution in [0.15, 0.2) is 36.5 Å². The first-order valence-electron chi connectivity index (χ1n) is 6.80. The smallest absolute Gasteiger partial charge is 0.340 e. The largest absolute Gasteiger partial charge is 0.390 e. The first-order chi connectivity index (χ1) is 11.2. The molecule has 0 aliphatic heterocycles. The zero-order valence-corrected chi connectivity index (χ0v) is 12.5. The number of carbonyl (C=O) groups is 1. The lowest BCUT2D eigenvalue weighted by atomic mass is 10.3. The molecule has 0 saturated carbocycles. The summed E-state index contributed by atoms with van der Waals surface area (Å²) in [5.41, 5.74) is 0.172. The highest BCUT2D eigenvalue weighted by atomic mass is 19.4. The summed E-state index contributed by atoms with van der Waals surface area (Å²) in [4.78, 5) is 23.2. The fraction of sp³-hybridized carbons (Fsp3) is 0.286. The van der Waals surface area contributed by atoms with Gasteiger partial charge in [0.1, 0.15) is 0 Å². The SMILES string of the molecule is CN(CCC(F)(F)F)C(=O)c1ccn(-c2cccc([N+](=O)[O-])c2)n1. The lowest BCUT2D eigenvalue weighted by Gasteiger charge is -2.16. The molecule has 0 spiro atoms. The topological polar surface area (TPSA) is 81.3 Å². The van der Waals surface area contributed by atoms with Crippen LogP contribution in [0.5, 0.6) is 0 Å². The maximum atomic E-state index is 12.2. The quantitative estimate of drug-likeness (QED) is 0.618. The van der Waals surface area contributed by atoms with E-state index < -0.39 is 30.0 Å². The monoisotopic (exact) mass is 342 g/mol. The second kappa shape index (κ2) is 6.69. The molecule has 7 nitrogen and oxygen atoms in total. The molecule has 0 aliphatic carbocycles. The maximum absolute atomic E-state index is 12.2. The van der Waals surface area contributed by atoms with Gasteiger partial charge in [0.2, 0.25) is 0 Å². The van der Waals surface area contributed by atoms with Crippen molar-refractivity contribution >= 4 is 11.6 Å². The molecule has 0 N–H and O–H groups in total. The van der Waals surface area contributed by atoms with E-state index in [9.17, 15) is 28.1 Å². The molecule has 0 saturated heterocycles. The standard InChI is InChI=1S/C14H13F3N4O3/c1-19(8-6-14(15,16)17)13(22)12-5-7-20(18-12)10-3-2-4-11(9-10)21(23)24/h2-5,7,9H,6,8H2,1H3. The molecular formula is C14H13F3N4O3. The third kappa shape index (κ3) is 4.31. The van der Waals surface area contributed by atoms with Crippen LogP contribution in [0.4, 0.5) is 18.9 Å². The molecule has 1 heterocycles. The summed E-state index contributed by atoms with van der Waals surface area (Å²) in [7, 11) is 1.25. The van der Waals surface area contributed by atoms with Crippen LogP contribution in [-0.2, 0) is 0 Å². The molecule has 2 rings (SSSR count). The van der Waals surface area contributed by atoms with Gasteiger partial charge < -0.3 is 4.90 Å². The Morgan fingerprint density at radius 2 is 2.08 bits per heavy atom. The van der Waals surface area contributed by atoms with Gasteiger partial charge in [0, 0.05) is 31.9 Å². The fourth-order valence-electron chi connectivity index (χ4n) is 1.92. The van der Waals surface area contributed by atoms with Crippen LogP contribution in [-0.4, -0.2) is 45.3 Å². The minimum atomic E-state index is -4.35. The van der Waals surface area contributed by atoms with Crippen molar-refractivity contribution in [1.29, 1.82) is 0 Å². The van der Waals surface area contributed by atoms with Crippen molar-refractivity contribution in [1.82, 2.24) is 14.7 Å². The fourth-order valence-corrected chi connectivity index (χ4v) is 1.92. The molecule has 128 valence electrons. The van der Waals surface area contributed by atoms with Gasteiger partial charge in [-0.1, -0.05) is 6.07 Å². The number of benzene rings is 1. The highest BCUT2D eigenvalue weighted by molar-refractivity contribution is 5.92. The van der Waals surface area contributed by atoms with Gasteiger partial charge in [0.25, 0.3) is 11.6 Å². The lowest BCUT2D eigenvalue weighted by Crippen LogP contribution is -2.30. The summed E-state index contributed by atoms with van der Waals surface area (Å²) in [6.07, 6.45) is -4.05. The number of non-ortho nitro benzene ring substituents is 1. The van der Waals surface area contributed by atoms with Crippen molar-refractivity contribution < 1.29 is 22.9 Å². The molecule has 0 bridgehead atoms. The molecule has 0 radical (unpaired) electrons. The molecule has 1 amide bonds. The normalized spacial score (nSPS) is 11.3. The predicted octanol–water partition coefficient (Wildman–Crippen LogP) is 2.80. The maximum Gasteiger partial charge on any atom is 0.390 e. The second-order valence-corrected chi connectivity index (χ2v) is 5.01. The molecule has 2 aromatic rings. The summed E-state index contributed by atoms with van der Waals surface area (Å²) >= 11 is 0. The first kappa shape index (κ1) is 17.4. The van der Waals surface area contributed by atoms with Crippen molar-refractivity contribution in [2.75, 3.05) is 13.6 Å². The van der Waals surface area contributed by atoms with Crippen molar-refractivity contribution in [3.63, 3.8) is 0 Å². The van der Waals surface area contributed by atoms with Gasteiger partial charge in [0.15, 0.2) is 5.69 Å². The Labute approximate surface area is 134 Å². The molecule has 0 unspecified atom stereocenters. The van der Waals surface area contributed by atoms with E-state index in [1.165, 1.54) is 42.2 Å². The Balaban J connectivity index is 2.14. The van der Waals surface area contributed by atoms with Crippen molar-refractivity contribution in [2.24, 2.45) is 0 Å². The van der Waals surface area contributed by atoms with Gasteiger partial charge in [-0.15, -0.1) is 0 Å². The summed E-state index contributed by atoms with van der Waals surface area (Å²) in [5, 5.41) is 14.7. The third-order valence-electron chi connectivity index (χ3n) is 3.19. The predicted molar refractivity (Wildman–Crippen MR) is 77.9 cm³/mol. The highest BCUT2D eigenvalue weighted by Crippen LogP contribution is 2.20. The van der Waals surface area contributed by atoms with Gasteiger partial charge >= 0.3 is 6.18 Å². The number of amides is 1. The number of hydrogen-bond donors (Lipinski definition) is 0. The molecule has 0 atom stereocenters. The number of rotatable bonds is 5. The summed E-state index contributed by atoms with van der Waals surface area (Å²) in [6, 6.07) is 6.94. The molecular weight excluding hydrogens is 329 g/mol. The molecule has 24 heavy (non-hydrogen) atoms. The number of aromatic nitrogens is 2. The molecule has 0 aliphatic rings. The third-order valence-corrected chi connectivity index (χ3v) is 3.19. The second-order valence-electron chi connectivity index (χ2n) is 5.01. The first-order valence-corrected chi connectivity index (χ1v) is 6.80. The molecule has 0 fully saturated rings. The van der Waals surface area contributed by atoms with E-state index in [1.807, 2.05) is 0 Å². The van der Waals surface area contributed by atoms with Crippen molar-refractivity contribution in [2.45, 2.75) is 12.6 Å². The number of halogens is 3. The zero-order chi connectivity index (χ0) is 17.9. The molecule has 10 heteroatoms. The van der Waals surface area contributed by atoms with Crippen LogP contribution in [0.2, 0.25) is 0 Å². The minimum Gasteiger partial charge on any atom is -0.340 e. The van der Waals surface area contributed by atoms with Gasteiger partial charge in [-0.25, -0.2) is 4.68 Å². The van der Waals surface area contributed by atoms with Gasteiger partial charge in [-0.05, 0) is 12.1 Å². The van der Waals surface area contributed by atoms with E-state index in [4.69, 9.17) is 0 Å². The van der Waals surface area contributed by atoms with Crippen LogP contribution in [0.25, 0.3) is 5.69 Å². The Bertz CT molecular complexity index is 758. The van der Waals surface area contributed by atoms with E-state index in [1.54, 1.807) is 6.07 Å². The Hall–Kier alpha value is -2.91. The number of nitro groups is 1. The van der Waals surface area contributed by atoms with E-state index in [0.29, 0.717) is 5.69 Å². The highest BCUT2D eigenvalue weighted by Gasteiger charge is 2.28. The van der Waals surface area contributed by atoms with Crippen LogP contribution >= 0.6 is 0 Å². The summed E-state index contributed by atoms with van der Waals surface area (Å²) < 4.78 is 37.8. The lowest BCUT2D eigenvalue weighted by molar-refractivity contribution is -0.384. The van der Waals surface area contributed by atoms with Gasteiger partial charge in [0.05, 0.1) is 17.0 Å². The number of nitrogens with zero attached hydrogens (tertiary/aromatic N) is 4. The number of carbonyl (C=O) groups excluding carboxylic acids is 1. The van der Waals surface area contributed by atoms with Gasteiger partial charge in [-0.2, -0.15) is 18.3 Å². The van der Waals surface area contributed by atoms with Crippen molar-refractivity contribution in [3.8, 4) is 5.69 Å². The van der Waals surface area contributed by atoms with E-state index >= 15 is 0 Å². The average Bonchev–Trinajstić information content (AvgIpc) is 3.01. The van der Waals surface area contributed by atoms with Crippen LogP contribution in [0, 0.1) is 10.1 Å². The van der Waals surface area contributed by atoms with E-state index in [2.05, 4.69) is 5.10 Å². The van der Waals surface area contributed by atoms with Gasteiger partial charge in [-0.3, -0.25) is 14.9 Å². The van der Waals surface area contributed by atoms with E-state index in [0.717, 1.165) is 4.90 Å². The summed E-state index contributed by atoms with van der Waals surface area (Å²) in [5.74, 6) is -0.663. The molecule has 1 aromatic carbocycles. The number of alkyl halides is 3. The number of hydrogen-bond acceptors (Lipinski definition) is 4. The number of nitro benzene ring substituents is 1. The summed E-state index contributed by atoms with van der Waals surface area (Å²) in [6.45, 7) is -0.480. The Morgan fingerprint density at radius 1 is 1.38 bits per heavy atom. The molecule has 1 aromatic heterocycles. The Morgan fingerprint density at radius 3 is 2.71 bits per heavy atom. The van der Waals surface area contributed by atoms with E-state index in [-0.39, 0.29) is 11.4 Å². The average molecular weight is 342 g/mol.